The first-order valence-corrected chi connectivity index (χ1v) is 26.9. The van der Waals surface area contributed by atoms with Crippen LogP contribution in [0.4, 0.5) is 34.1 Å². The predicted molar refractivity (Wildman–Crippen MR) is 332 cm³/mol. The molecule has 0 aliphatic rings. The van der Waals surface area contributed by atoms with E-state index in [2.05, 4.69) is 184 Å². The minimum absolute atomic E-state index is 0.422. The average molecular weight is 1060 g/mol. The van der Waals surface area contributed by atoms with Crippen LogP contribution in [-0.2, 0) is 0 Å². The Morgan fingerprint density at radius 2 is 0.699 bits per heavy atom. The molecule has 0 atom stereocenters. The maximum Gasteiger partial charge on any atom is 0.160 e. The molecule has 0 bridgehead atoms. The van der Waals surface area contributed by atoms with Crippen LogP contribution in [0.5, 0.6) is 0 Å². The summed E-state index contributed by atoms with van der Waals surface area (Å²) in [7, 11) is 0. The molecule has 0 saturated heterocycles. The highest BCUT2D eigenvalue weighted by Crippen LogP contribution is 2.44. The Hall–Kier alpha value is -12.1. The Morgan fingerprint density at radius 3 is 1.13 bits per heavy atom. The van der Waals surface area contributed by atoms with Crippen molar-refractivity contribution in [2.24, 2.45) is 0 Å². The van der Waals surface area contributed by atoms with Crippen LogP contribution in [0.2, 0.25) is 0 Å². The summed E-state index contributed by atoms with van der Waals surface area (Å²) in [5, 5.41) is 43.0. The van der Waals surface area contributed by atoms with Crippen LogP contribution in [0.1, 0.15) is 22.3 Å². The summed E-state index contributed by atoms with van der Waals surface area (Å²) in [4.78, 5) is 14.4. The van der Waals surface area contributed by atoms with Gasteiger partial charge in [-0.15, -0.1) is 0 Å². The molecule has 0 radical (unpaired) electrons. The molecule has 0 spiro atoms. The lowest BCUT2D eigenvalue weighted by Crippen LogP contribution is -2.09. The van der Waals surface area contributed by atoms with Crippen molar-refractivity contribution in [3.8, 4) is 86.1 Å². The van der Waals surface area contributed by atoms with Crippen molar-refractivity contribution in [1.82, 2.24) is 14.5 Å². The van der Waals surface area contributed by atoms with Gasteiger partial charge in [0.25, 0.3) is 0 Å². The highest BCUT2D eigenvalue weighted by molar-refractivity contribution is 6.12. The molecule has 2 aromatic heterocycles. The Balaban J connectivity index is 0.882. The number of aromatic nitrogens is 3. The molecular weight excluding hydrogens is 1010 g/mol. The summed E-state index contributed by atoms with van der Waals surface area (Å²) in [6.07, 6.45) is 0. The minimum Gasteiger partial charge on any atom is -0.310 e. The SMILES string of the molecule is N#Cc1cccc(-c2cc(-c3ccc(-c4cc(C#N)c(-c5ccc(-n6c7ccc(N(c8ccccc8)c8ccccc8)cc7c7cc(N(c8ccccc8)c8ccccc8)ccc76)cc5)cc4C#N)cc3)nc(-c3cccc(C#N)c3)n2)c1. The molecule has 0 aliphatic carbocycles. The van der Waals surface area contributed by atoms with Crippen LogP contribution < -0.4 is 9.80 Å². The zero-order chi connectivity index (χ0) is 56.2. The zero-order valence-electron chi connectivity index (χ0n) is 44.5. The lowest BCUT2D eigenvalue weighted by Gasteiger charge is -2.26. The van der Waals surface area contributed by atoms with E-state index in [1.807, 2.05) is 91.0 Å². The molecule has 9 heteroatoms. The van der Waals surface area contributed by atoms with Gasteiger partial charge < -0.3 is 14.4 Å². The van der Waals surface area contributed by atoms with Crippen LogP contribution in [-0.4, -0.2) is 14.5 Å². The van der Waals surface area contributed by atoms with E-state index in [-0.39, 0.29) is 0 Å². The topological polar surface area (TPSA) is 132 Å². The maximum absolute atomic E-state index is 10.8. The molecule has 0 N–H and O–H groups in total. The Bertz CT molecular complexity index is 4470. The van der Waals surface area contributed by atoms with Crippen molar-refractivity contribution in [2.45, 2.75) is 0 Å². The zero-order valence-corrected chi connectivity index (χ0v) is 44.5. The van der Waals surface area contributed by atoms with Gasteiger partial charge in [-0.25, -0.2) is 9.97 Å². The molecule has 11 aromatic carbocycles. The minimum atomic E-state index is 0.422. The van der Waals surface area contributed by atoms with E-state index in [0.29, 0.717) is 56.2 Å². The first kappa shape index (κ1) is 50.4. The second-order valence-electron chi connectivity index (χ2n) is 19.9. The number of hydrogen-bond donors (Lipinski definition) is 0. The molecular formula is C74H45N9. The van der Waals surface area contributed by atoms with Gasteiger partial charge in [0.05, 0.1) is 69.0 Å². The first-order chi connectivity index (χ1) is 40.9. The molecule has 0 amide bonds. The Labute approximate surface area is 480 Å². The number of para-hydroxylation sites is 4. The van der Waals surface area contributed by atoms with Crippen LogP contribution >= 0.6 is 0 Å². The fourth-order valence-electron chi connectivity index (χ4n) is 11.0. The number of fused-ring (bicyclic) bond motifs is 3. The summed E-state index contributed by atoms with van der Waals surface area (Å²) in [5.74, 6) is 0.428. The van der Waals surface area contributed by atoms with Gasteiger partial charge in [-0.1, -0.05) is 133 Å². The lowest BCUT2D eigenvalue weighted by atomic mass is 9.91. The molecule has 0 aliphatic heterocycles. The third-order valence-electron chi connectivity index (χ3n) is 14.9. The van der Waals surface area contributed by atoms with E-state index in [1.54, 1.807) is 36.4 Å². The molecule has 13 rings (SSSR count). The van der Waals surface area contributed by atoms with Crippen LogP contribution in [0.25, 0.3) is 83.6 Å². The number of nitrogens with zero attached hydrogens (tertiary/aromatic N) is 9. The molecule has 13 aromatic rings. The highest BCUT2D eigenvalue weighted by atomic mass is 15.1. The van der Waals surface area contributed by atoms with Gasteiger partial charge >= 0.3 is 0 Å². The van der Waals surface area contributed by atoms with Crippen LogP contribution in [0.3, 0.4) is 0 Å². The fraction of sp³-hybridized carbons (Fsp3) is 0. The number of rotatable bonds is 12. The molecule has 2 heterocycles. The number of benzene rings is 11. The van der Waals surface area contributed by atoms with E-state index in [4.69, 9.17) is 9.97 Å². The van der Waals surface area contributed by atoms with Gasteiger partial charge in [0, 0.05) is 78.4 Å². The van der Waals surface area contributed by atoms with Crippen molar-refractivity contribution >= 4 is 55.9 Å². The summed E-state index contributed by atoms with van der Waals surface area (Å²) in [6.45, 7) is 0. The van der Waals surface area contributed by atoms with Gasteiger partial charge in [-0.3, -0.25) is 0 Å². The molecule has 0 fully saturated rings. The van der Waals surface area contributed by atoms with Crippen molar-refractivity contribution in [2.75, 3.05) is 9.80 Å². The van der Waals surface area contributed by atoms with E-state index in [1.165, 1.54) is 0 Å². The highest BCUT2D eigenvalue weighted by Gasteiger charge is 2.22. The normalized spacial score (nSPS) is 10.8. The predicted octanol–water partition coefficient (Wildman–Crippen LogP) is 18.3. The summed E-state index contributed by atoms with van der Waals surface area (Å²) < 4.78 is 2.30. The van der Waals surface area contributed by atoms with Crippen LogP contribution in [0.15, 0.2) is 273 Å². The molecule has 9 nitrogen and oxygen atoms in total. The average Bonchev–Trinajstić information content (AvgIpc) is 2.89. The van der Waals surface area contributed by atoms with Crippen molar-refractivity contribution in [3.63, 3.8) is 0 Å². The molecule has 386 valence electrons. The second-order valence-corrected chi connectivity index (χ2v) is 19.9. The second kappa shape index (κ2) is 21.9. The molecule has 0 saturated carbocycles. The lowest BCUT2D eigenvalue weighted by molar-refractivity contribution is 1.18. The fourth-order valence-corrected chi connectivity index (χ4v) is 11.0. The summed E-state index contributed by atoms with van der Waals surface area (Å²) in [6, 6.07) is 100. The number of anilines is 6. The molecule has 0 unspecified atom stereocenters. The van der Waals surface area contributed by atoms with Gasteiger partial charge in [-0.2, -0.15) is 21.0 Å². The third kappa shape index (κ3) is 9.73. The van der Waals surface area contributed by atoms with Gasteiger partial charge in [0.1, 0.15) is 0 Å². The van der Waals surface area contributed by atoms with Gasteiger partial charge in [0.2, 0.25) is 0 Å². The Morgan fingerprint density at radius 1 is 0.301 bits per heavy atom. The van der Waals surface area contributed by atoms with E-state index < -0.39 is 0 Å². The van der Waals surface area contributed by atoms with Crippen molar-refractivity contribution in [3.05, 3.63) is 295 Å². The third-order valence-corrected chi connectivity index (χ3v) is 14.9. The summed E-state index contributed by atoms with van der Waals surface area (Å²) >= 11 is 0. The van der Waals surface area contributed by atoms with E-state index in [9.17, 15) is 21.0 Å². The smallest absolute Gasteiger partial charge is 0.160 e. The first-order valence-electron chi connectivity index (χ1n) is 26.9. The standard InChI is InChI=1S/C74H45N9/c75-46-50-15-13-17-55(39-50)71-45-70(79-74(80-71)56-18-14-16-51(40-56)47-76)54-29-27-52(28-30-54)66-41-58(49-78)67(42-57(66)48-77)53-31-33-63(34-32-53)83-72-37-35-64(81(59-19-5-1-6-20-59)60-21-7-2-8-22-60)43-68(72)69-44-65(36-38-73(69)83)82(61-23-9-3-10-24-61)62-25-11-4-12-26-62/h1-45H. The van der Waals surface area contributed by atoms with Crippen molar-refractivity contribution in [1.29, 1.82) is 21.0 Å². The largest absolute Gasteiger partial charge is 0.310 e. The summed E-state index contributed by atoms with van der Waals surface area (Å²) in [5.41, 5.74) is 17.3. The quantitative estimate of drug-likeness (QED) is 0.118. The van der Waals surface area contributed by atoms with Crippen LogP contribution in [0, 0.1) is 45.3 Å². The van der Waals surface area contributed by atoms with Gasteiger partial charge in [0.15, 0.2) is 5.82 Å². The maximum atomic E-state index is 10.8. The Kier molecular flexibility index (Phi) is 13.3. The van der Waals surface area contributed by atoms with E-state index >= 15 is 0 Å². The number of nitriles is 4. The monoisotopic (exact) mass is 1060 g/mol. The van der Waals surface area contributed by atoms with Gasteiger partial charge in [-0.05, 0) is 151 Å². The van der Waals surface area contributed by atoms with Crippen molar-refractivity contribution < 1.29 is 0 Å². The number of hydrogen-bond acceptors (Lipinski definition) is 8. The molecule has 83 heavy (non-hydrogen) atoms. The van der Waals surface area contributed by atoms with E-state index in [0.717, 1.165) is 83.9 Å².